The van der Waals surface area contributed by atoms with Crippen LogP contribution in [0.4, 0.5) is 4.39 Å². The number of amides is 1. The van der Waals surface area contributed by atoms with Gasteiger partial charge in [-0.2, -0.15) is 5.10 Å². The number of hydrazine groups is 1. The summed E-state index contributed by atoms with van der Waals surface area (Å²) in [6.07, 6.45) is 0.615. The summed E-state index contributed by atoms with van der Waals surface area (Å²) in [5.41, 5.74) is 1.60. The van der Waals surface area contributed by atoms with Crippen LogP contribution in [0.5, 0.6) is 0 Å². The van der Waals surface area contributed by atoms with E-state index in [-0.39, 0.29) is 31.9 Å². The van der Waals surface area contributed by atoms with Gasteiger partial charge in [0.15, 0.2) is 5.69 Å². The number of rotatable bonds is 6. The lowest BCUT2D eigenvalue weighted by molar-refractivity contribution is 0.0939. The fraction of sp³-hybridized carbons (Fsp3) is 0.167. The smallest absolute Gasteiger partial charge is 0.272 e. The first-order valence-corrected chi connectivity index (χ1v) is 10.4. The molecule has 0 atom stereocenters. The minimum atomic E-state index is -4.21. The summed E-state index contributed by atoms with van der Waals surface area (Å²) >= 11 is 5.61. The zero-order valence-corrected chi connectivity index (χ0v) is 16.7. The van der Waals surface area contributed by atoms with E-state index in [4.69, 9.17) is 11.6 Å². The highest BCUT2D eigenvalue weighted by Crippen LogP contribution is 2.19. The van der Waals surface area contributed by atoms with Crippen LogP contribution in [0.2, 0.25) is 5.02 Å². The van der Waals surface area contributed by atoms with E-state index in [1.807, 2.05) is 11.8 Å². The SMILES string of the molecule is CCCn1nc(C(=O)NNS(=O)(=O)c2ccc(F)c(Cl)c2)c2ccccc2c1=O. The summed E-state index contributed by atoms with van der Waals surface area (Å²) in [7, 11) is -4.21. The van der Waals surface area contributed by atoms with Gasteiger partial charge in [0.25, 0.3) is 21.5 Å². The van der Waals surface area contributed by atoms with E-state index in [2.05, 4.69) is 10.5 Å². The first-order valence-electron chi connectivity index (χ1n) is 8.51. The normalized spacial score (nSPS) is 11.6. The van der Waals surface area contributed by atoms with Crippen molar-refractivity contribution in [3.05, 3.63) is 69.4 Å². The Hall–Kier alpha value is -2.82. The van der Waals surface area contributed by atoms with Crippen molar-refractivity contribution in [2.45, 2.75) is 24.8 Å². The highest BCUT2D eigenvalue weighted by molar-refractivity contribution is 7.89. The molecule has 0 saturated carbocycles. The molecule has 29 heavy (non-hydrogen) atoms. The van der Waals surface area contributed by atoms with Gasteiger partial charge in [-0.25, -0.2) is 17.5 Å². The van der Waals surface area contributed by atoms with Crippen molar-refractivity contribution < 1.29 is 17.6 Å². The van der Waals surface area contributed by atoms with Gasteiger partial charge >= 0.3 is 0 Å². The third-order valence-electron chi connectivity index (χ3n) is 4.02. The molecule has 0 spiro atoms. The lowest BCUT2D eigenvalue weighted by Gasteiger charge is -2.12. The van der Waals surface area contributed by atoms with Crippen molar-refractivity contribution in [3.8, 4) is 0 Å². The second kappa shape index (κ2) is 8.27. The van der Waals surface area contributed by atoms with Crippen molar-refractivity contribution in [1.29, 1.82) is 0 Å². The zero-order valence-electron chi connectivity index (χ0n) is 15.1. The maximum absolute atomic E-state index is 13.3. The molecule has 2 aromatic carbocycles. The molecule has 0 radical (unpaired) electrons. The molecule has 1 heterocycles. The van der Waals surface area contributed by atoms with Crippen molar-refractivity contribution in [2.24, 2.45) is 0 Å². The molecule has 0 aliphatic rings. The van der Waals surface area contributed by atoms with Crippen molar-refractivity contribution in [1.82, 2.24) is 20.0 Å². The molecule has 0 aliphatic heterocycles. The number of hydrogen-bond acceptors (Lipinski definition) is 5. The molecule has 0 bridgehead atoms. The number of sulfonamides is 1. The average Bonchev–Trinajstić information content (AvgIpc) is 2.70. The van der Waals surface area contributed by atoms with Gasteiger partial charge < -0.3 is 0 Å². The molecule has 11 heteroatoms. The largest absolute Gasteiger partial charge is 0.287 e. The number of fused-ring (bicyclic) bond motifs is 1. The molecular weight excluding hydrogens is 423 g/mol. The molecule has 0 aliphatic carbocycles. The molecule has 3 aromatic rings. The molecule has 0 saturated heterocycles. The van der Waals surface area contributed by atoms with Crippen LogP contribution in [0.1, 0.15) is 23.8 Å². The van der Waals surface area contributed by atoms with Crippen LogP contribution in [0.15, 0.2) is 52.2 Å². The second-order valence-corrected chi connectivity index (χ2v) is 8.15. The Morgan fingerprint density at radius 1 is 1.21 bits per heavy atom. The Labute approximate surface area is 170 Å². The minimum absolute atomic E-state index is 0.117. The van der Waals surface area contributed by atoms with Crippen LogP contribution in [-0.2, 0) is 16.6 Å². The predicted octanol–water partition coefficient (Wildman–Crippen LogP) is 2.22. The minimum Gasteiger partial charge on any atom is -0.272 e. The number of carbonyl (C=O) groups is 1. The Balaban J connectivity index is 1.93. The van der Waals surface area contributed by atoms with E-state index in [0.717, 1.165) is 22.9 Å². The number of aromatic nitrogens is 2. The number of halogens is 2. The first kappa shape index (κ1) is 20.9. The van der Waals surface area contributed by atoms with Gasteiger partial charge in [0.05, 0.1) is 15.3 Å². The lowest BCUT2D eigenvalue weighted by Crippen LogP contribution is -2.42. The van der Waals surface area contributed by atoms with Gasteiger partial charge in [0.1, 0.15) is 5.82 Å². The van der Waals surface area contributed by atoms with Crippen LogP contribution in [0, 0.1) is 5.82 Å². The van der Waals surface area contributed by atoms with E-state index in [1.54, 1.807) is 24.3 Å². The second-order valence-electron chi connectivity index (χ2n) is 6.06. The maximum Gasteiger partial charge on any atom is 0.287 e. The topological polar surface area (TPSA) is 110 Å². The van der Waals surface area contributed by atoms with Gasteiger partial charge in [0, 0.05) is 11.9 Å². The molecule has 1 amide bonds. The molecule has 2 N–H and O–H groups in total. The molecule has 3 rings (SSSR count). The molecule has 0 unspecified atom stereocenters. The summed E-state index contributed by atoms with van der Waals surface area (Å²) in [5.74, 6) is -1.63. The van der Waals surface area contributed by atoms with E-state index in [9.17, 15) is 22.4 Å². The Bertz CT molecular complexity index is 1260. The van der Waals surface area contributed by atoms with E-state index >= 15 is 0 Å². The third kappa shape index (κ3) is 4.29. The number of nitrogens with one attached hydrogen (secondary N) is 2. The fourth-order valence-corrected chi connectivity index (χ4v) is 3.75. The van der Waals surface area contributed by atoms with Crippen molar-refractivity contribution in [2.75, 3.05) is 0 Å². The summed E-state index contributed by atoms with van der Waals surface area (Å²) in [5, 5.41) is 4.27. The monoisotopic (exact) mass is 438 g/mol. The molecule has 1 aromatic heterocycles. The molecule has 8 nitrogen and oxygen atoms in total. The van der Waals surface area contributed by atoms with E-state index < -0.39 is 21.7 Å². The summed E-state index contributed by atoms with van der Waals surface area (Å²) < 4.78 is 39.1. The van der Waals surface area contributed by atoms with Gasteiger partial charge in [-0.1, -0.05) is 36.7 Å². The van der Waals surface area contributed by atoms with Crippen molar-refractivity contribution >= 4 is 38.3 Å². The van der Waals surface area contributed by atoms with Crippen molar-refractivity contribution in [3.63, 3.8) is 0 Å². The fourth-order valence-electron chi connectivity index (χ4n) is 2.64. The lowest BCUT2D eigenvalue weighted by atomic mass is 10.1. The van der Waals surface area contributed by atoms with Crippen LogP contribution in [0.25, 0.3) is 10.8 Å². The molecule has 0 fully saturated rings. The number of hydrogen-bond donors (Lipinski definition) is 2. The number of carbonyl (C=O) groups excluding carboxylic acids is 1. The average molecular weight is 439 g/mol. The third-order valence-corrected chi connectivity index (χ3v) is 5.55. The van der Waals surface area contributed by atoms with Gasteiger partial charge in [-0.3, -0.25) is 15.0 Å². The van der Waals surface area contributed by atoms with Gasteiger partial charge in [-0.05, 0) is 30.7 Å². The Morgan fingerprint density at radius 3 is 2.55 bits per heavy atom. The summed E-state index contributed by atoms with van der Waals surface area (Å²) in [4.78, 5) is 26.7. The van der Waals surface area contributed by atoms with Gasteiger partial charge in [0.2, 0.25) is 0 Å². The molecular formula is C18H16ClFN4O4S. The number of nitrogens with zero attached hydrogens (tertiary/aromatic N) is 2. The summed E-state index contributed by atoms with van der Waals surface area (Å²) in [6.45, 7) is 2.15. The first-order chi connectivity index (χ1) is 13.7. The Kier molecular flexibility index (Phi) is 5.96. The highest BCUT2D eigenvalue weighted by atomic mass is 35.5. The number of benzene rings is 2. The Morgan fingerprint density at radius 2 is 1.90 bits per heavy atom. The van der Waals surface area contributed by atoms with E-state index in [0.29, 0.717) is 13.0 Å². The maximum atomic E-state index is 13.3. The standard InChI is InChI=1S/C18H16ClFN4O4S/c1-2-9-24-18(26)13-6-4-3-5-12(13)16(22-24)17(25)21-23-29(27,28)11-7-8-15(20)14(19)10-11/h3-8,10,23H,2,9H2,1H3,(H,21,25). The molecule has 152 valence electrons. The predicted molar refractivity (Wildman–Crippen MR) is 105 cm³/mol. The van der Waals surface area contributed by atoms with Crippen LogP contribution in [-0.4, -0.2) is 24.1 Å². The van der Waals surface area contributed by atoms with Crippen LogP contribution >= 0.6 is 11.6 Å². The zero-order chi connectivity index (χ0) is 21.2. The van der Waals surface area contributed by atoms with E-state index in [1.165, 1.54) is 0 Å². The van der Waals surface area contributed by atoms with Crippen LogP contribution in [0.3, 0.4) is 0 Å². The van der Waals surface area contributed by atoms with Crippen LogP contribution < -0.4 is 15.8 Å². The van der Waals surface area contributed by atoms with Gasteiger partial charge in [-0.15, -0.1) is 4.83 Å². The highest BCUT2D eigenvalue weighted by Gasteiger charge is 2.20. The number of aryl methyl sites for hydroxylation is 1. The summed E-state index contributed by atoms with van der Waals surface area (Å²) in [6, 6.07) is 9.22. The quantitative estimate of drug-likeness (QED) is 0.573.